The second kappa shape index (κ2) is 26.5. The first-order chi connectivity index (χ1) is 35.3. The predicted octanol–water partition coefficient (Wildman–Crippen LogP) is -12.6. The summed E-state index contributed by atoms with van der Waals surface area (Å²) in [5.41, 5.74) is 0. The zero-order valence-corrected chi connectivity index (χ0v) is 40.7. The number of amides is 3. The van der Waals surface area contributed by atoms with Gasteiger partial charge in [-0.2, -0.15) is 0 Å². The summed E-state index contributed by atoms with van der Waals surface area (Å²) < 4.78 is 63.7. The van der Waals surface area contributed by atoms with Gasteiger partial charge in [-0.3, -0.25) is 14.4 Å². The molecule has 19 N–H and O–H groups in total. The van der Waals surface area contributed by atoms with Gasteiger partial charge in [-0.1, -0.05) is 0 Å². The summed E-state index contributed by atoms with van der Waals surface area (Å²) in [5, 5.41) is 179. The van der Waals surface area contributed by atoms with Crippen LogP contribution in [-0.4, -0.2) is 317 Å². The van der Waals surface area contributed by atoms with E-state index in [0.717, 1.165) is 20.8 Å². The highest BCUT2D eigenvalue weighted by atomic mass is 16.8. The summed E-state index contributed by atoms with van der Waals surface area (Å²) in [7, 11) is 0. The average Bonchev–Trinajstić information content (AvgIpc) is 3.36. The van der Waals surface area contributed by atoms with Crippen molar-refractivity contribution in [1.29, 1.82) is 0 Å². The Hall–Kier alpha value is -2.67. The fourth-order valence-corrected chi connectivity index (χ4v) is 9.47. The first kappa shape index (κ1) is 61.5. The third-order valence-electron chi connectivity index (χ3n) is 13.6. The van der Waals surface area contributed by atoms with Crippen molar-refractivity contribution >= 4 is 17.7 Å². The van der Waals surface area contributed by atoms with Gasteiger partial charge < -0.3 is 150 Å². The van der Waals surface area contributed by atoms with E-state index in [1.54, 1.807) is 0 Å². The molecule has 0 unspecified atom stereocenters. The lowest BCUT2D eigenvalue weighted by atomic mass is 9.93. The molecule has 6 aliphatic rings. The SMILES string of the molecule is CC(=O)N[C@@H]1[C@@H](O)[C@H](O[C@@H]2O[C@H](CO)[C@@H](O[C@H]3O[C@H](CO[C@@H]4O[C@H](CO)[C@@H](O)[C@H](O)[C@@H]4O)[C@@H](O[C@@H]4O[C@H](CO)[C@@H](O)[C@H](O)[C@H]4NC(C)=O)[C@H](O)[C@@H]3O)[C@H](O)[C@H]2NC(C)=O)[C@@H](CO[C@@H]2O[C@@H](C)[C@@H](O)[C@@H](O)[C@@H]2O)O[C@H]1O. The van der Waals surface area contributed by atoms with E-state index in [-0.39, 0.29) is 0 Å². The zero-order valence-electron chi connectivity index (χ0n) is 40.7. The molecule has 6 saturated heterocycles. The van der Waals surface area contributed by atoms with Crippen LogP contribution >= 0.6 is 0 Å². The molecule has 6 rings (SSSR count). The standard InChI is InChI=1S/C42H71N3O30/c1-10-22(52)28(58)31(61)40(67-10)65-8-17-35(26(56)19(37(64)68-17)43-11(2)49)73-39-21(45-13(4)51)27(57)34(16(7-48)71-39)75-42-33(63)30(60)36(74-38-20(44-12(3)50)25(55)23(53)14(5-46)69-38)18(72-42)9-66-41-32(62)29(59)24(54)15(6-47)70-41/h10,14-42,46-48,52-64H,5-9H2,1-4H3,(H,43,49)(H,44,50)(H,45,51)/t10-,14+,15+,16+,17+,18+,19+,20+,21+,22+,23+,24+,25+,26+,27+,28+,29-,30+,31-,32-,33-,34+,35+,36+,37+,38-,39-,40+,41+,42+/m0/s1. The van der Waals surface area contributed by atoms with Gasteiger partial charge >= 0.3 is 0 Å². The number of hydrogen-bond acceptors (Lipinski definition) is 30. The maximum Gasteiger partial charge on any atom is 0.217 e. The van der Waals surface area contributed by atoms with Crippen molar-refractivity contribution in [2.45, 2.75) is 212 Å². The fourth-order valence-electron chi connectivity index (χ4n) is 9.47. The second-order valence-corrected chi connectivity index (χ2v) is 19.0. The highest BCUT2D eigenvalue weighted by Gasteiger charge is 2.57. The van der Waals surface area contributed by atoms with E-state index in [2.05, 4.69) is 16.0 Å². The number of aliphatic hydroxyl groups excluding tert-OH is 16. The van der Waals surface area contributed by atoms with Crippen molar-refractivity contribution < 1.29 is 148 Å². The Morgan fingerprint density at radius 1 is 0.373 bits per heavy atom. The Labute approximate surface area is 426 Å². The van der Waals surface area contributed by atoms with Crippen LogP contribution in [0.3, 0.4) is 0 Å². The van der Waals surface area contributed by atoms with E-state index in [1.165, 1.54) is 6.92 Å². The minimum absolute atomic E-state index is 0.728. The molecule has 33 heteroatoms. The van der Waals surface area contributed by atoms with Gasteiger partial charge in [0.05, 0.1) is 39.1 Å². The lowest BCUT2D eigenvalue weighted by Gasteiger charge is -2.50. The highest BCUT2D eigenvalue weighted by Crippen LogP contribution is 2.36. The molecule has 0 aromatic carbocycles. The molecule has 6 heterocycles. The quantitative estimate of drug-likeness (QED) is 0.0606. The van der Waals surface area contributed by atoms with Crippen LogP contribution in [0.15, 0.2) is 0 Å². The minimum Gasteiger partial charge on any atom is -0.394 e. The molecule has 0 aromatic heterocycles. The van der Waals surface area contributed by atoms with Crippen molar-refractivity contribution in [1.82, 2.24) is 16.0 Å². The maximum absolute atomic E-state index is 12.7. The second-order valence-electron chi connectivity index (χ2n) is 19.0. The topological polar surface area (TPSA) is 513 Å². The highest BCUT2D eigenvalue weighted by molar-refractivity contribution is 5.74. The Bertz CT molecular complexity index is 1850. The van der Waals surface area contributed by atoms with Gasteiger partial charge in [0.1, 0.15) is 140 Å². The molecule has 0 bridgehead atoms. The fraction of sp³-hybridized carbons (Fsp3) is 0.929. The van der Waals surface area contributed by atoms with Gasteiger partial charge in [-0.15, -0.1) is 0 Å². The van der Waals surface area contributed by atoms with E-state index in [1.807, 2.05) is 0 Å². The number of carbonyl (C=O) groups excluding carboxylic acids is 3. The zero-order chi connectivity index (χ0) is 55.5. The monoisotopic (exact) mass is 1100 g/mol. The molecule has 6 fully saturated rings. The van der Waals surface area contributed by atoms with E-state index in [9.17, 15) is 96.1 Å². The molecule has 0 saturated carbocycles. The molecule has 0 radical (unpaired) electrons. The lowest BCUT2D eigenvalue weighted by Crippen LogP contribution is -2.70. The predicted molar refractivity (Wildman–Crippen MR) is 233 cm³/mol. The molecule has 434 valence electrons. The lowest BCUT2D eigenvalue weighted by molar-refractivity contribution is -0.380. The largest absolute Gasteiger partial charge is 0.394 e. The molecule has 75 heavy (non-hydrogen) atoms. The Balaban J connectivity index is 1.27. The van der Waals surface area contributed by atoms with Gasteiger partial charge in [0, 0.05) is 20.8 Å². The average molecular weight is 1100 g/mol. The van der Waals surface area contributed by atoms with Gasteiger partial charge in [0.15, 0.2) is 37.7 Å². The molecule has 33 nitrogen and oxygen atoms in total. The first-order valence-electron chi connectivity index (χ1n) is 23.9. The number of nitrogens with one attached hydrogen (secondary N) is 3. The van der Waals surface area contributed by atoms with Gasteiger partial charge in [0.2, 0.25) is 17.7 Å². The maximum atomic E-state index is 12.7. The van der Waals surface area contributed by atoms with Crippen molar-refractivity contribution in [3.05, 3.63) is 0 Å². The summed E-state index contributed by atoms with van der Waals surface area (Å²) in [4.78, 5) is 37.1. The van der Waals surface area contributed by atoms with Crippen LogP contribution in [-0.2, 0) is 66.5 Å². The van der Waals surface area contributed by atoms with E-state index in [4.69, 9.17) is 52.1 Å². The van der Waals surface area contributed by atoms with Crippen molar-refractivity contribution in [2.75, 3.05) is 33.0 Å². The number of ether oxygens (including phenoxy) is 11. The summed E-state index contributed by atoms with van der Waals surface area (Å²) >= 11 is 0. The van der Waals surface area contributed by atoms with Crippen molar-refractivity contribution in [3.8, 4) is 0 Å². The summed E-state index contributed by atoms with van der Waals surface area (Å²) in [6.07, 6.45) is -49.1. The van der Waals surface area contributed by atoms with Gasteiger partial charge in [-0.25, -0.2) is 0 Å². The number of hydrogen-bond donors (Lipinski definition) is 19. The molecule has 3 amide bonds. The van der Waals surface area contributed by atoms with E-state index >= 15 is 0 Å². The number of aliphatic hydroxyl groups is 16. The first-order valence-corrected chi connectivity index (χ1v) is 23.9. The van der Waals surface area contributed by atoms with Crippen LogP contribution in [0, 0.1) is 0 Å². The third-order valence-corrected chi connectivity index (χ3v) is 13.6. The Morgan fingerprint density at radius 2 is 0.733 bits per heavy atom. The number of rotatable bonds is 18. The third kappa shape index (κ3) is 13.9. The van der Waals surface area contributed by atoms with Crippen LogP contribution in [0.25, 0.3) is 0 Å². The molecule has 0 spiro atoms. The van der Waals surface area contributed by atoms with Crippen LogP contribution in [0.5, 0.6) is 0 Å². The van der Waals surface area contributed by atoms with Crippen LogP contribution in [0.1, 0.15) is 27.7 Å². The molecular weight excluding hydrogens is 1030 g/mol. The molecular formula is C42H71N3O30. The summed E-state index contributed by atoms with van der Waals surface area (Å²) in [5.74, 6) is -2.37. The Morgan fingerprint density at radius 3 is 1.25 bits per heavy atom. The van der Waals surface area contributed by atoms with Crippen molar-refractivity contribution in [2.24, 2.45) is 0 Å². The van der Waals surface area contributed by atoms with E-state index < -0.39 is 235 Å². The van der Waals surface area contributed by atoms with Gasteiger partial charge in [-0.05, 0) is 6.92 Å². The molecule has 0 aromatic rings. The molecule has 30 atom stereocenters. The Kier molecular flexibility index (Phi) is 21.8. The summed E-state index contributed by atoms with van der Waals surface area (Å²) in [6, 6.07) is -5.02. The number of carbonyl (C=O) groups is 3. The van der Waals surface area contributed by atoms with Gasteiger partial charge in [0.25, 0.3) is 0 Å². The van der Waals surface area contributed by atoms with Crippen LogP contribution < -0.4 is 16.0 Å². The van der Waals surface area contributed by atoms with E-state index in [0.29, 0.717) is 0 Å². The van der Waals surface area contributed by atoms with Crippen molar-refractivity contribution in [3.63, 3.8) is 0 Å². The smallest absolute Gasteiger partial charge is 0.217 e. The molecule has 6 aliphatic heterocycles. The van der Waals surface area contributed by atoms with Crippen LogP contribution in [0.2, 0.25) is 0 Å². The summed E-state index contributed by atoms with van der Waals surface area (Å²) in [6.45, 7) is 0.0316. The molecule has 0 aliphatic carbocycles. The normalized spacial score (nSPS) is 48.6. The van der Waals surface area contributed by atoms with Crippen LogP contribution in [0.4, 0.5) is 0 Å². The minimum atomic E-state index is -2.25.